The highest BCUT2D eigenvalue weighted by Crippen LogP contribution is 2.30. The van der Waals surface area contributed by atoms with E-state index in [2.05, 4.69) is 0 Å². The molecule has 0 aliphatic carbocycles. The van der Waals surface area contributed by atoms with E-state index in [0.717, 1.165) is 11.0 Å². The average molecular weight is 404 g/mol. The van der Waals surface area contributed by atoms with Crippen LogP contribution in [0.15, 0.2) is 18.2 Å². The lowest BCUT2D eigenvalue weighted by Crippen LogP contribution is -2.42. The number of amides is 1. The summed E-state index contributed by atoms with van der Waals surface area (Å²) >= 11 is 0. The molecular formula is C16H18F2N2O6S. The Hall–Kier alpha value is -2.27. The second-order valence-electron chi connectivity index (χ2n) is 6.46. The molecule has 0 saturated carbocycles. The molecule has 1 aromatic carbocycles. The van der Waals surface area contributed by atoms with E-state index >= 15 is 0 Å². The van der Waals surface area contributed by atoms with E-state index in [9.17, 15) is 26.8 Å². The van der Waals surface area contributed by atoms with Crippen LogP contribution in [0.2, 0.25) is 0 Å². The van der Waals surface area contributed by atoms with Crippen molar-refractivity contribution >= 4 is 33.4 Å². The minimum atomic E-state index is -4.17. The number of halogens is 2. The molecular weight excluding hydrogens is 386 g/mol. The lowest BCUT2D eigenvalue weighted by Gasteiger charge is -2.30. The molecule has 2 aliphatic rings. The number of benzene rings is 1. The Bertz CT molecular complexity index is 862. The molecule has 27 heavy (non-hydrogen) atoms. The zero-order valence-electron chi connectivity index (χ0n) is 14.2. The van der Waals surface area contributed by atoms with Crippen molar-refractivity contribution in [3.8, 4) is 0 Å². The Labute approximate surface area is 154 Å². The molecule has 2 unspecified atom stereocenters. The summed E-state index contributed by atoms with van der Waals surface area (Å²) in [6.45, 7) is -0.00451. The molecule has 8 nitrogen and oxygen atoms in total. The normalized spacial score (nSPS) is 23.7. The summed E-state index contributed by atoms with van der Waals surface area (Å²) in [5.41, 5.74) is 0.338. The highest BCUT2D eigenvalue weighted by molar-refractivity contribution is 7.85. The van der Waals surface area contributed by atoms with Gasteiger partial charge in [0, 0.05) is 19.4 Å². The van der Waals surface area contributed by atoms with Crippen molar-refractivity contribution in [3.05, 3.63) is 24.0 Å². The summed E-state index contributed by atoms with van der Waals surface area (Å²) in [7, 11) is -4.17. The minimum Gasteiger partial charge on any atom is -0.444 e. The van der Waals surface area contributed by atoms with Crippen LogP contribution < -0.4 is 9.80 Å². The molecule has 1 N–H and O–H groups in total. The number of nitrogens with zero attached hydrogens (tertiary/aromatic N) is 2. The van der Waals surface area contributed by atoms with E-state index in [4.69, 9.17) is 9.29 Å². The van der Waals surface area contributed by atoms with Crippen molar-refractivity contribution in [2.24, 2.45) is 0 Å². The molecule has 0 radical (unpaired) electrons. The number of alkyl halides is 1. The number of Topliss-reactive ketones (excluding diaryl/α,β-unsaturated/α-hetero) is 1. The van der Waals surface area contributed by atoms with Gasteiger partial charge in [0.05, 0.1) is 30.2 Å². The summed E-state index contributed by atoms with van der Waals surface area (Å²) in [4.78, 5) is 25.8. The van der Waals surface area contributed by atoms with E-state index in [1.807, 2.05) is 0 Å². The van der Waals surface area contributed by atoms with Gasteiger partial charge in [0.25, 0.3) is 10.1 Å². The standard InChI is InChI=1S/C16H18F2N2O6S/c17-12-7-10(1-2-14(12)19-5-3-15(21)13(18)9-19)20-8-11(26-16(20)22)4-6-27(23,24)25/h1-2,7,11,13H,3-6,8-9H2,(H,23,24,25). The van der Waals surface area contributed by atoms with Crippen molar-refractivity contribution < 1.29 is 36.1 Å². The fourth-order valence-electron chi connectivity index (χ4n) is 3.09. The Morgan fingerprint density at radius 2 is 2.00 bits per heavy atom. The number of cyclic esters (lactones) is 1. The fourth-order valence-corrected chi connectivity index (χ4v) is 3.65. The van der Waals surface area contributed by atoms with Gasteiger partial charge in [-0.05, 0) is 18.2 Å². The van der Waals surface area contributed by atoms with Crippen LogP contribution in [0.4, 0.5) is 25.0 Å². The molecule has 0 bridgehead atoms. The predicted molar refractivity (Wildman–Crippen MR) is 91.8 cm³/mol. The minimum absolute atomic E-state index is 0.00372. The van der Waals surface area contributed by atoms with Gasteiger partial charge in [-0.2, -0.15) is 8.42 Å². The number of ether oxygens (including phenoxy) is 1. The Balaban J connectivity index is 1.70. The first-order valence-electron chi connectivity index (χ1n) is 8.28. The highest BCUT2D eigenvalue weighted by Gasteiger charge is 2.34. The Morgan fingerprint density at radius 1 is 1.26 bits per heavy atom. The lowest BCUT2D eigenvalue weighted by molar-refractivity contribution is -0.124. The zero-order valence-corrected chi connectivity index (χ0v) is 15.0. The number of piperidine rings is 1. The third kappa shape index (κ3) is 4.53. The predicted octanol–water partition coefficient (Wildman–Crippen LogP) is 1.55. The van der Waals surface area contributed by atoms with E-state index in [1.165, 1.54) is 17.0 Å². The third-order valence-electron chi connectivity index (χ3n) is 4.51. The van der Waals surface area contributed by atoms with Gasteiger partial charge < -0.3 is 9.64 Å². The van der Waals surface area contributed by atoms with Gasteiger partial charge in [-0.15, -0.1) is 0 Å². The number of anilines is 2. The van der Waals surface area contributed by atoms with E-state index < -0.39 is 45.8 Å². The molecule has 2 atom stereocenters. The van der Waals surface area contributed by atoms with Crippen LogP contribution in [0, 0.1) is 5.82 Å². The number of hydrogen-bond acceptors (Lipinski definition) is 6. The topological polar surface area (TPSA) is 104 Å². The van der Waals surface area contributed by atoms with E-state index in [1.54, 1.807) is 0 Å². The van der Waals surface area contributed by atoms with Crippen LogP contribution >= 0.6 is 0 Å². The SMILES string of the molecule is O=C1CCN(c2ccc(N3CC(CCS(=O)(=O)O)OC3=O)cc2F)CC1F. The highest BCUT2D eigenvalue weighted by atomic mass is 32.2. The van der Waals surface area contributed by atoms with Gasteiger partial charge in [0.1, 0.15) is 11.9 Å². The Kier molecular flexibility index (Phi) is 5.33. The van der Waals surface area contributed by atoms with Crippen molar-refractivity contribution in [2.75, 3.05) is 35.2 Å². The maximum absolute atomic E-state index is 14.5. The zero-order chi connectivity index (χ0) is 19.8. The van der Waals surface area contributed by atoms with Gasteiger partial charge in [0.2, 0.25) is 0 Å². The second-order valence-corrected chi connectivity index (χ2v) is 8.03. The van der Waals surface area contributed by atoms with Crippen LogP contribution in [0.25, 0.3) is 0 Å². The van der Waals surface area contributed by atoms with Crippen LogP contribution in [0.3, 0.4) is 0 Å². The molecule has 1 aromatic rings. The number of carbonyl (C=O) groups excluding carboxylic acids is 2. The number of hydrogen-bond donors (Lipinski definition) is 1. The summed E-state index contributed by atoms with van der Waals surface area (Å²) in [6, 6.07) is 3.96. The van der Waals surface area contributed by atoms with Gasteiger partial charge in [-0.25, -0.2) is 13.6 Å². The number of rotatable bonds is 5. The van der Waals surface area contributed by atoms with Crippen molar-refractivity contribution in [1.82, 2.24) is 0 Å². The summed E-state index contributed by atoms with van der Waals surface area (Å²) < 4.78 is 63.5. The summed E-state index contributed by atoms with van der Waals surface area (Å²) in [6.07, 6.45) is -3.25. The first-order chi connectivity index (χ1) is 12.6. The lowest BCUT2D eigenvalue weighted by atomic mass is 10.1. The molecule has 1 amide bonds. The Morgan fingerprint density at radius 3 is 2.63 bits per heavy atom. The van der Waals surface area contributed by atoms with Crippen LogP contribution in [0.5, 0.6) is 0 Å². The number of ketones is 1. The maximum Gasteiger partial charge on any atom is 0.414 e. The monoisotopic (exact) mass is 404 g/mol. The largest absolute Gasteiger partial charge is 0.444 e. The van der Waals surface area contributed by atoms with E-state index in [0.29, 0.717) is 0 Å². The molecule has 148 valence electrons. The quantitative estimate of drug-likeness (QED) is 0.743. The first-order valence-corrected chi connectivity index (χ1v) is 9.89. The van der Waals surface area contributed by atoms with Crippen molar-refractivity contribution in [2.45, 2.75) is 25.1 Å². The molecule has 0 spiro atoms. The third-order valence-corrected chi connectivity index (χ3v) is 5.27. The molecule has 3 rings (SSSR count). The molecule has 11 heteroatoms. The van der Waals surface area contributed by atoms with Gasteiger partial charge >= 0.3 is 6.09 Å². The molecule has 2 fully saturated rings. The van der Waals surface area contributed by atoms with E-state index in [-0.39, 0.29) is 43.9 Å². The molecule has 0 aromatic heterocycles. The van der Waals surface area contributed by atoms with Gasteiger partial charge in [-0.3, -0.25) is 14.2 Å². The fraction of sp³-hybridized carbons (Fsp3) is 0.500. The van der Waals surface area contributed by atoms with Crippen LogP contribution in [0.1, 0.15) is 12.8 Å². The number of carbonyl (C=O) groups is 2. The maximum atomic E-state index is 14.5. The van der Waals surface area contributed by atoms with Gasteiger partial charge in [-0.1, -0.05) is 0 Å². The first kappa shape index (κ1) is 19.5. The second kappa shape index (κ2) is 7.39. The van der Waals surface area contributed by atoms with Crippen LogP contribution in [-0.4, -0.2) is 62.5 Å². The average Bonchev–Trinajstić information content (AvgIpc) is 2.96. The van der Waals surface area contributed by atoms with Crippen molar-refractivity contribution in [1.29, 1.82) is 0 Å². The smallest absolute Gasteiger partial charge is 0.414 e. The molecule has 2 aliphatic heterocycles. The van der Waals surface area contributed by atoms with Crippen LogP contribution in [-0.2, 0) is 19.6 Å². The summed E-state index contributed by atoms with van der Waals surface area (Å²) in [5, 5.41) is 0. The van der Waals surface area contributed by atoms with Gasteiger partial charge in [0.15, 0.2) is 12.0 Å². The molecule has 2 saturated heterocycles. The van der Waals surface area contributed by atoms with Crippen molar-refractivity contribution in [3.63, 3.8) is 0 Å². The molecule has 2 heterocycles. The summed E-state index contributed by atoms with van der Waals surface area (Å²) in [5.74, 6) is -1.73.